The molecule has 1 fully saturated rings. The van der Waals surface area contributed by atoms with Crippen molar-refractivity contribution in [1.82, 2.24) is 14.7 Å². The van der Waals surface area contributed by atoms with Crippen molar-refractivity contribution < 1.29 is 4.79 Å². The van der Waals surface area contributed by atoms with Crippen LogP contribution in [-0.2, 0) is 4.79 Å². The zero-order chi connectivity index (χ0) is 12.3. The predicted molar refractivity (Wildman–Crippen MR) is 68.3 cm³/mol. The highest BCUT2D eigenvalue weighted by Gasteiger charge is 2.28. The molecule has 0 radical (unpaired) electrons. The van der Waals surface area contributed by atoms with E-state index in [1.54, 1.807) is 0 Å². The van der Waals surface area contributed by atoms with E-state index in [0.717, 1.165) is 17.4 Å². The molecule has 17 heavy (non-hydrogen) atoms. The molecule has 2 N–H and O–H groups in total. The minimum atomic E-state index is -0.262. The summed E-state index contributed by atoms with van der Waals surface area (Å²) in [5.41, 5.74) is 0. The van der Waals surface area contributed by atoms with E-state index in [9.17, 15) is 4.79 Å². The van der Waals surface area contributed by atoms with Gasteiger partial charge in [0, 0.05) is 24.0 Å². The Kier molecular flexibility index (Phi) is 3.93. The largest absolute Gasteiger partial charge is 0.354 e. The number of carbonyl (C=O) groups excluding carboxylic acids is 1. The average Bonchev–Trinajstić information content (AvgIpc) is 3.07. The summed E-state index contributed by atoms with van der Waals surface area (Å²) in [5.74, 6) is 1.50. The zero-order valence-corrected chi connectivity index (χ0v) is 11.0. The highest BCUT2D eigenvalue weighted by atomic mass is 32.1. The molecule has 2 rings (SSSR count). The summed E-state index contributed by atoms with van der Waals surface area (Å²) in [6.45, 7) is 4.59. The number of rotatable bonds is 6. The summed E-state index contributed by atoms with van der Waals surface area (Å²) < 4.78 is 4.29. The third-order valence-corrected chi connectivity index (χ3v) is 3.33. The van der Waals surface area contributed by atoms with Crippen LogP contribution < -0.4 is 10.6 Å². The molecule has 1 unspecified atom stereocenters. The van der Waals surface area contributed by atoms with Crippen molar-refractivity contribution in [2.45, 2.75) is 45.1 Å². The van der Waals surface area contributed by atoms with Crippen molar-refractivity contribution >= 4 is 22.6 Å². The van der Waals surface area contributed by atoms with Gasteiger partial charge in [0.1, 0.15) is 11.9 Å². The number of nitrogens with one attached hydrogen (secondary N) is 2. The summed E-state index contributed by atoms with van der Waals surface area (Å²) in [5, 5.41) is 6.68. The Morgan fingerprint density at radius 2 is 2.35 bits per heavy atom. The van der Waals surface area contributed by atoms with Gasteiger partial charge in [-0.1, -0.05) is 6.92 Å². The van der Waals surface area contributed by atoms with Crippen LogP contribution in [0.4, 0.5) is 5.13 Å². The van der Waals surface area contributed by atoms with Crippen molar-refractivity contribution in [2.24, 2.45) is 0 Å². The van der Waals surface area contributed by atoms with Gasteiger partial charge in [-0.05, 0) is 26.2 Å². The number of nitrogens with zero attached hydrogens (tertiary/aromatic N) is 2. The number of hydrogen-bond acceptors (Lipinski definition) is 5. The van der Waals surface area contributed by atoms with Crippen LogP contribution in [0.5, 0.6) is 0 Å². The minimum absolute atomic E-state index is 0.00928. The monoisotopic (exact) mass is 254 g/mol. The first-order valence-electron chi connectivity index (χ1n) is 6.08. The lowest BCUT2D eigenvalue weighted by molar-refractivity contribution is -0.121. The second-order valence-corrected chi connectivity index (χ2v) is 5.14. The SMILES string of the molecule is CCCNC(=O)C(C)Nc1nc(C2CC2)ns1. The molecule has 5 nitrogen and oxygen atoms in total. The standard InChI is InChI=1S/C11H18N4OS/c1-3-6-12-10(16)7(2)13-11-14-9(15-17-11)8-4-5-8/h7-8H,3-6H2,1-2H3,(H,12,16)(H,13,14,15). The smallest absolute Gasteiger partial charge is 0.242 e. The summed E-state index contributed by atoms with van der Waals surface area (Å²) >= 11 is 1.34. The Labute approximate surface area is 105 Å². The van der Waals surface area contributed by atoms with Crippen molar-refractivity contribution in [3.63, 3.8) is 0 Å². The highest BCUT2D eigenvalue weighted by molar-refractivity contribution is 7.09. The Hall–Kier alpha value is -1.17. The number of carbonyl (C=O) groups is 1. The van der Waals surface area contributed by atoms with Crippen molar-refractivity contribution in [3.8, 4) is 0 Å². The number of hydrogen-bond donors (Lipinski definition) is 2. The molecule has 1 amide bonds. The van der Waals surface area contributed by atoms with Crippen LogP contribution in [0.15, 0.2) is 0 Å². The second-order valence-electron chi connectivity index (χ2n) is 4.39. The maximum absolute atomic E-state index is 11.6. The van der Waals surface area contributed by atoms with Gasteiger partial charge < -0.3 is 10.6 Å². The first-order valence-corrected chi connectivity index (χ1v) is 6.86. The van der Waals surface area contributed by atoms with Crippen LogP contribution in [0, 0.1) is 0 Å². The van der Waals surface area contributed by atoms with E-state index < -0.39 is 0 Å². The molecule has 0 spiro atoms. The van der Waals surface area contributed by atoms with Crippen LogP contribution in [0.3, 0.4) is 0 Å². The molecule has 0 aromatic carbocycles. The molecule has 0 saturated heterocycles. The van der Waals surface area contributed by atoms with Crippen molar-refractivity contribution in [2.75, 3.05) is 11.9 Å². The molecule has 94 valence electrons. The third kappa shape index (κ3) is 3.39. The van der Waals surface area contributed by atoms with E-state index in [1.807, 2.05) is 13.8 Å². The van der Waals surface area contributed by atoms with Gasteiger partial charge in [-0.25, -0.2) is 4.98 Å². The zero-order valence-electron chi connectivity index (χ0n) is 10.2. The third-order valence-electron chi connectivity index (χ3n) is 2.67. The quantitative estimate of drug-likeness (QED) is 0.811. The van der Waals surface area contributed by atoms with Gasteiger partial charge in [-0.2, -0.15) is 4.37 Å². The Balaban J connectivity index is 1.83. The number of amides is 1. The van der Waals surface area contributed by atoms with Gasteiger partial charge in [0.25, 0.3) is 0 Å². The van der Waals surface area contributed by atoms with Gasteiger partial charge in [0.2, 0.25) is 11.0 Å². The van der Waals surface area contributed by atoms with E-state index >= 15 is 0 Å². The van der Waals surface area contributed by atoms with E-state index in [0.29, 0.717) is 12.5 Å². The summed E-state index contributed by atoms with van der Waals surface area (Å²) in [6.07, 6.45) is 3.34. The first-order chi connectivity index (χ1) is 8.20. The summed E-state index contributed by atoms with van der Waals surface area (Å²) in [4.78, 5) is 16.0. The van der Waals surface area contributed by atoms with E-state index in [-0.39, 0.29) is 11.9 Å². The van der Waals surface area contributed by atoms with Crippen LogP contribution >= 0.6 is 11.5 Å². The highest BCUT2D eigenvalue weighted by Crippen LogP contribution is 2.39. The van der Waals surface area contributed by atoms with Crippen molar-refractivity contribution in [3.05, 3.63) is 5.82 Å². The van der Waals surface area contributed by atoms with Crippen LogP contribution in [-0.4, -0.2) is 27.9 Å². The number of anilines is 1. The lowest BCUT2D eigenvalue weighted by atomic mass is 10.3. The average molecular weight is 254 g/mol. The lowest BCUT2D eigenvalue weighted by Gasteiger charge is -2.12. The molecule has 1 aromatic heterocycles. The van der Waals surface area contributed by atoms with Gasteiger partial charge in [0.05, 0.1) is 0 Å². The number of aromatic nitrogens is 2. The van der Waals surface area contributed by atoms with Gasteiger partial charge in [0.15, 0.2) is 0 Å². The van der Waals surface area contributed by atoms with Gasteiger partial charge >= 0.3 is 0 Å². The molecule has 0 bridgehead atoms. The maximum atomic E-state index is 11.6. The van der Waals surface area contributed by atoms with E-state index in [4.69, 9.17) is 0 Å². The summed E-state index contributed by atoms with van der Waals surface area (Å²) in [6, 6.07) is -0.262. The van der Waals surface area contributed by atoms with Crippen LogP contribution in [0.2, 0.25) is 0 Å². The molecule has 0 aliphatic heterocycles. The molecule has 1 atom stereocenters. The maximum Gasteiger partial charge on any atom is 0.242 e. The van der Waals surface area contributed by atoms with Crippen LogP contribution in [0.25, 0.3) is 0 Å². The van der Waals surface area contributed by atoms with E-state index in [2.05, 4.69) is 20.0 Å². The van der Waals surface area contributed by atoms with Gasteiger partial charge in [-0.15, -0.1) is 0 Å². The summed E-state index contributed by atoms with van der Waals surface area (Å²) in [7, 11) is 0. The van der Waals surface area contributed by atoms with Crippen molar-refractivity contribution in [1.29, 1.82) is 0 Å². The fourth-order valence-electron chi connectivity index (χ4n) is 1.45. The molecular formula is C11H18N4OS. The normalized spacial score (nSPS) is 16.6. The molecule has 1 aliphatic rings. The second kappa shape index (κ2) is 5.44. The lowest BCUT2D eigenvalue weighted by Crippen LogP contribution is -2.37. The molecule has 1 aromatic rings. The Morgan fingerprint density at radius 1 is 1.59 bits per heavy atom. The predicted octanol–water partition coefficient (Wildman–Crippen LogP) is 1.74. The van der Waals surface area contributed by atoms with Gasteiger partial charge in [-0.3, -0.25) is 4.79 Å². The molecule has 1 aliphatic carbocycles. The Bertz CT molecular complexity index is 389. The fraction of sp³-hybridized carbons (Fsp3) is 0.727. The molecule has 6 heteroatoms. The fourth-order valence-corrected chi connectivity index (χ4v) is 2.19. The van der Waals surface area contributed by atoms with Crippen LogP contribution in [0.1, 0.15) is 44.9 Å². The van der Waals surface area contributed by atoms with E-state index in [1.165, 1.54) is 24.4 Å². The molecule has 1 saturated carbocycles. The topological polar surface area (TPSA) is 66.9 Å². The minimum Gasteiger partial charge on any atom is -0.354 e. The first kappa shape index (κ1) is 12.3. The molecular weight excluding hydrogens is 236 g/mol. The Morgan fingerprint density at radius 3 is 3.00 bits per heavy atom. The molecule has 1 heterocycles.